The largest absolute Gasteiger partial charge is 0.456 e. The first-order valence-electron chi connectivity index (χ1n) is 19.8. The van der Waals surface area contributed by atoms with E-state index in [1.165, 1.54) is 66.4 Å². The minimum absolute atomic E-state index is 0.292. The van der Waals surface area contributed by atoms with Crippen LogP contribution < -0.4 is 4.90 Å². The van der Waals surface area contributed by atoms with E-state index in [9.17, 15) is 0 Å². The van der Waals surface area contributed by atoms with Crippen molar-refractivity contribution < 1.29 is 4.42 Å². The van der Waals surface area contributed by atoms with Crippen molar-refractivity contribution >= 4 is 49.8 Å². The van der Waals surface area contributed by atoms with Gasteiger partial charge in [0.1, 0.15) is 11.2 Å². The van der Waals surface area contributed by atoms with Gasteiger partial charge in [-0.1, -0.05) is 166 Å². The van der Waals surface area contributed by atoms with Crippen molar-refractivity contribution in [2.45, 2.75) is 19.3 Å². The van der Waals surface area contributed by atoms with Crippen LogP contribution in [0, 0.1) is 0 Å². The molecule has 1 aliphatic carbocycles. The Labute approximate surface area is 332 Å². The number of hydrogen-bond acceptors (Lipinski definition) is 2. The maximum absolute atomic E-state index is 6.79. The number of rotatable bonds is 6. The first-order valence-corrected chi connectivity index (χ1v) is 19.8. The summed E-state index contributed by atoms with van der Waals surface area (Å²) in [6, 6.07) is 72.6. The number of anilines is 3. The molecule has 0 unspecified atom stereocenters. The van der Waals surface area contributed by atoms with E-state index < -0.39 is 0 Å². The Morgan fingerprint density at radius 1 is 0.404 bits per heavy atom. The second-order valence-electron chi connectivity index (χ2n) is 15.7. The van der Waals surface area contributed by atoms with Crippen LogP contribution >= 0.6 is 0 Å². The van der Waals surface area contributed by atoms with Crippen molar-refractivity contribution in [2.24, 2.45) is 0 Å². The molecule has 10 aromatic rings. The molecular weight excluding hydrogens is 691 g/mol. The van der Waals surface area contributed by atoms with Crippen LogP contribution in [0.4, 0.5) is 17.1 Å². The number of nitrogens with zero attached hydrogens (tertiary/aromatic N) is 1. The third-order valence-corrected chi connectivity index (χ3v) is 12.0. The van der Waals surface area contributed by atoms with Crippen LogP contribution in [0.25, 0.3) is 77.2 Å². The maximum atomic E-state index is 6.79. The van der Waals surface area contributed by atoms with E-state index in [0.717, 1.165) is 39.0 Å². The molecule has 0 N–H and O–H groups in total. The predicted molar refractivity (Wildman–Crippen MR) is 240 cm³/mol. The molecule has 2 heteroatoms. The Morgan fingerprint density at radius 3 is 1.60 bits per heavy atom. The van der Waals surface area contributed by atoms with Crippen molar-refractivity contribution in [1.29, 1.82) is 0 Å². The highest BCUT2D eigenvalue weighted by Crippen LogP contribution is 2.58. The van der Waals surface area contributed by atoms with Gasteiger partial charge in [0, 0.05) is 27.7 Å². The number of para-hydroxylation sites is 1. The van der Waals surface area contributed by atoms with E-state index in [1.54, 1.807) is 0 Å². The van der Waals surface area contributed by atoms with Gasteiger partial charge in [0.15, 0.2) is 0 Å². The lowest BCUT2D eigenvalue weighted by atomic mass is 9.81. The lowest BCUT2D eigenvalue weighted by molar-refractivity contribution is 0.647. The summed E-state index contributed by atoms with van der Waals surface area (Å²) in [5.74, 6) is 0. The van der Waals surface area contributed by atoms with Crippen LogP contribution in [0.2, 0.25) is 0 Å². The average molecular weight is 730 g/mol. The van der Waals surface area contributed by atoms with Crippen molar-refractivity contribution in [3.8, 4) is 44.5 Å². The van der Waals surface area contributed by atoms with E-state index in [2.05, 4.69) is 219 Å². The van der Waals surface area contributed by atoms with Crippen LogP contribution in [0.15, 0.2) is 205 Å². The molecule has 0 spiro atoms. The third kappa shape index (κ3) is 5.40. The molecule has 11 rings (SSSR count). The van der Waals surface area contributed by atoms with E-state index in [4.69, 9.17) is 4.42 Å². The molecule has 0 saturated carbocycles. The second-order valence-corrected chi connectivity index (χ2v) is 15.7. The summed E-state index contributed by atoms with van der Waals surface area (Å²) in [5.41, 5.74) is 17.1. The summed E-state index contributed by atoms with van der Waals surface area (Å²) < 4.78 is 6.79. The van der Waals surface area contributed by atoms with Crippen LogP contribution in [-0.2, 0) is 5.41 Å². The van der Waals surface area contributed by atoms with Crippen LogP contribution in [0.5, 0.6) is 0 Å². The van der Waals surface area contributed by atoms with Gasteiger partial charge in [-0.15, -0.1) is 0 Å². The number of hydrogen-bond donors (Lipinski definition) is 0. The van der Waals surface area contributed by atoms with Gasteiger partial charge < -0.3 is 9.32 Å². The van der Waals surface area contributed by atoms with Gasteiger partial charge in [-0.3, -0.25) is 0 Å². The van der Waals surface area contributed by atoms with E-state index in [1.807, 2.05) is 0 Å². The van der Waals surface area contributed by atoms with Crippen molar-refractivity contribution in [3.63, 3.8) is 0 Å². The Kier molecular flexibility index (Phi) is 7.55. The molecule has 0 aliphatic heterocycles. The molecule has 0 saturated heterocycles. The van der Waals surface area contributed by atoms with Gasteiger partial charge in [0.25, 0.3) is 0 Å². The second kappa shape index (κ2) is 13.0. The van der Waals surface area contributed by atoms with Gasteiger partial charge in [0.2, 0.25) is 0 Å². The van der Waals surface area contributed by atoms with Gasteiger partial charge in [0.05, 0.1) is 11.1 Å². The average Bonchev–Trinajstić information content (AvgIpc) is 3.75. The minimum atomic E-state index is -0.292. The van der Waals surface area contributed by atoms with Crippen LogP contribution in [0.3, 0.4) is 0 Å². The number of fused-ring (bicyclic) bond motifs is 7. The Morgan fingerprint density at radius 2 is 0.930 bits per heavy atom. The molecule has 1 heterocycles. The zero-order valence-corrected chi connectivity index (χ0v) is 31.9. The SMILES string of the molecule is CC1(C)c2cc(-c3ccc4ccccc4c3)ccc2-c2c1cc1oc3ccccc3c1c2N(c1ccc(-c2ccccc2)cc1)c1ccc(-c2ccccc2)cc1. The van der Waals surface area contributed by atoms with Gasteiger partial charge in [-0.25, -0.2) is 0 Å². The topological polar surface area (TPSA) is 16.4 Å². The Balaban J connectivity index is 1.17. The highest BCUT2D eigenvalue weighted by atomic mass is 16.3. The van der Waals surface area contributed by atoms with Gasteiger partial charge in [-0.05, 0) is 109 Å². The molecule has 270 valence electrons. The summed E-state index contributed by atoms with van der Waals surface area (Å²) in [5, 5.41) is 4.73. The molecule has 0 radical (unpaired) electrons. The van der Waals surface area contributed by atoms with Gasteiger partial charge in [-0.2, -0.15) is 0 Å². The lowest BCUT2D eigenvalue weighted by Gasteiger charge is -2.30. The monoisotopic (exact) mass is 729 g/mol. The van der Waals surface area contributed by atoms with Crippen LogP contribution in [-0.4, -0.2) is 0 Å². The fraction of sp³-hybridized carbons (Fsp3) is 0.0545. The first-order chi connectivity index (χ1) is 28.0. The third-order valence-electron chi connectivity index (χ3n) is 12.0. The Bertz CT molecular complexity index is 3040. The molecule has 2 nitrogen and oxygen atoms in total. The first kappa shape index (κ1) is 33.2. The van der Waals surface area contributed by atoms with E-state index in [0.29, 0.717) is 0 Å². The van der Waals surface area contributed by atoms with E-state index in [-0.39, 0.29) is 5.41 Å². The molecule has 0 atom stereocenters. The zero-order valence-electron chi connectivity index (χ0n) is 31.9. The summed E-state index contributed by atoms with van der Waals surface area (Å²) in [6.07, 6.45) is 0. The van der Waals surface area contributed by atoms with Crippen molar-refractivity contribution in [1.82, 2.24) is 0 Å². The highest BCUT2D eigenvalue weighted by molar-refractivity contribution is 6.19. The molecule has 0 fully saturated rings. The molecule has 1 aliphatic rings. The summed E-state index contributed by atoms with van der Waals surface area (Å²) in [6.45, 7) is 4.74. The molecule has 0 bridgehead atoms. The molecule has 57 heavy (non-hydrogen) atoms. The lowest BCUT2D eigenvalue weighted by Crippen LogP contribution is -2.16. The van der Waals surface area contributed by atoms with Gasteiger partial charge >= 0.3 is 0 Å². The highest BCUT2D eigenvalue weighted by Gasteiger charge is 2.40. The summed E-state index contributed by atoms with van der Waals surface area (Å²) in [4.78, 5) is 2.47. The number of benzene rings is 9. The smallest absolute Gasteiger partial charge is 0.137 e. The molecule has 0 amide bonds. The standard InChI is InChI=1S/C55H39NO/c1-55(2)48-34-43(42-22-21-38-17-9-10-18-41(38)33-42)27-32-46(48)52-49(55)35-51-53(47-19-11-12-20-50(47)57-51)54(52)56(44-28-23-39(24-29-44)36-13-5-3-6-14-36)45-30-25-40(26-31-45)37-15-7-4-8-16-37/h3-35H,1-2H3. The fourth-order valence-electron chi connectivity index (χ4n) is 9.10. The Hall–Kier alpha value is -7.16. The summed E-state index contributed by atoms with van der Waals surface area (Å²) in [7, 11) is 0. The minimum Gasteiger partial charge on any atom is -0.456 e. The summed E-state index contributed by atoms with van der Waals surface area (Å²) >= 11 is 0. The molecular formula is C55H39NO. The van der Waals surface area contributed by atoms with Crippen molar-refractivity contribution in [3.05, 3.63) is 211 Å². The van der Waals surface area contributed by atoms with Crippen LogP contribution in [0.1, 0.15) is 25.0 Å². The number of furan rings is 1. The molecule has 9 aromatic carbocycles. The predicted octanol–water partition coefficient (Wildman–Crippen LogP) is 15.5. The fourth-order valence-corrected chi connectivity index (χ4v) is 9.10. The zero-order chi connectivity index (χ0) is 38.1. The quantitative estimate of drug-likeness (QED) is 0.169. The maximum Gasteiger partial charge on any atom is 0.137 e. The van der Waals surface area contributed by atoms with Crippen molar-refractivity contribution in [2.75, 3.05) is 4.90 Å². The van der Waals surface area contributed by atoms with E-state index >= 15 is 0 Å². The molecule has 1 aromatic heterocycles. The normalized spacial score (nSPS) is 12.9.